The van der Waals surface area contributed by atoms with Crippen LogP contribution in [-0.2, 0) is 11.3 Å². The molecule has 10 heteroatoms. The Labute approximate surface area is 145 Å². The quantitative estimate of drug-likeness (QED) is 0.862. The highest BCUT2D eigenvalue weighted by molar-refractivity contribution is 5.85. The topological polar surface area (TPSA) is 61.6 Å². The van der Waals surface area contributed by atoms with Gasteiger partial charge in [-0.2, -0.15) is 0 Å². The smallest absolute Gasteiger partial charge is 0.262 e. The van der Waals surface area contributed by atoms with Crippen LogP contribution in [0.5, 0.6) is 0 Å². The first-order valence-corrected chi connectivity index (χ1v) is 7.05. The molecule has 1 atom stereocenters. The Bertz CT molecular complexity index is 496. The second kappa shape index (κ2) is 8.23. The maximum absolute atomic E-state index is 13.1. The Morgan fingerprint density at radius 3 is 2.57 bits per heavy atom. The molecule has 3 heterocycles. The highest BCUT2D eigenvalue weighted by atomic mass is 35.5. The van der Waals surface area contributed by atoms with E-state index in [9.17, 15) is 13.6 Å². The van der Waals surface area contributed by atoms with E-state index in [0.29, 0.717) is 32.7 Å². The number of amides is 1. The molecule has 0 aliphatic carbocycles. The summed E-state index contributed by atoms with van der Waals surface area (Å²) < 4.78 is 31.1. The Hall–Kier alpha value is -0.960. The average molecular weight is 373 g/mol. The van der Waals surface area contributed by atoms with Crippen LogP contribution in [0.4, 0.5) is 8.78 Å². The van der Waals surface area contributed by atoms with Gasteiger partial charge in [-0.1, -0.05) is 5.16 Å². The number of rotatable bonds is 3. The number of carbonyl (C=O) groups excluding carboxylic acids is 1. The molecule has 1 aromatic heterocycles. The number of halogens is 4. The number of nitrogens with zero attached hydrogens (tertiary/aromatic N) is 3. The second-order valence-corrected chi connectivity index (χ2v) is 5.59. The number of carbonyl (C=O) groups is 1. The maximum atomic E-state index is 13.1. The van der Waals surface area contributed by atoms with E-state index in [4.69, 9.17) is 4.52 Å². The fourth-order valence-electron chi connectivity index (χ4n) is 2.79. The maximum Gasteiger partial charge on any atom is 0.262 e. The minimum Gasteiger partial charge on any atom is -0.364 e. The number of aromatic nitrogens is 1. The molecule has 23 heavy (non-hydrogen) atoms. The molecule has 1 amide bonds. The number of piperazine rings is 1. The lowest BCUT2D eigenvalue weighted by Crippen LogP contribution is -2.52. The molecule has 6 nitrogen and oxygen atoms in total. The molecule has 0 bridgehead atoms. The third-order valence-corrected chi connectivity index (χ3v) is 3.97. The minimum atomic E-state index is -2.77. The summed E-state index contributed by atoms with van der Waals surface area (Å²) in [6.07, 6.45) is 1.13. The largest absolute Gasteiger partial charge is 0.364 e. The summed E-state index contributed by atoms with van der Waals surface area (Å²) in [5.74, 6) is -2.98. The molecule has 2 fully saturated rings. The van der Waals surface area contributed by atoms with Crippen LogP contribution in [0.1, 0.15) is 12.1 Å². The van der Waals surface area contributed by atoms with E-state index in [1.54, 1.807) is 4.90 Å². The zero-order valence-electron chi connectivity index (χ0n) is 12.4. The molecule has 1 N–H and O–H groups in total. The molecular weight excluding hydrogens is 353 g/mol. The van der Waals surface area contributed by atoms with Crippen molar-refractivity contribution in [2.45, 2.75) is 24.9 Å². The SMILES string of the molecule is Cl.Cl.O=C(C1CC(F)(F)CN1)N1CCN(Cc2ccon2)CC1. The van der Waals surface area contributed by atoms with Crippen LogP contribution in [0.25, 0.3) is 0 Å². The second-order valence-electron chi connectivity index (χ2n) is 5.59. The molecule has 1 unspecified atom stereocenters. The Morgan fingerprint density at radius 1 is 1.35 bits per heavy atom. The van der Waals surface area contributed by atoms with Crippen molar-refractivity contribution in [1.82, 2.24) is 20.3 Å². The molecule has 3 rings (SSSR count). The highest BCUT2D eigenvalue weighted by Crippen LogP contribution is 2.26. The van der Waals surface area contributed by atoms with Gasteiger partial charge >= 0.3 is 0 Å². The summed E-state index contributed by atoms with van der Waals surface area (Å²) in [6.45, 7) is 2.80. The van der Waals surface area contributed by atoms with Crippen molar-refractivity contribution in [2.24, 2.45) is 0 Å². The molecule has 0 radical (unpaired) electrons. The molecule has 132 valence electrons. The zero-order valence-corrected chi connectivity index (χ0v) is 14.0. The van der Waals surface area contributed by atoms with Gasteiger partial charge in [-0.15, -0.1) is 24.8 Å². The molecule has 2 saturated heterocycles. The van der Waals surface area contributed by atoms with Crippen molar-refractivity contribution in [2.75, 3.05) is 32.7 Å². The minimum absolute atomic E-state index is 0. The standard InChI is InChI=1S/C13H18F2N4O2.2ClH/c14-13(15)7-11(16-9-13)12(20)19-4-2-18(3-5-19)8-10-1-6-21-17-10;;/h1,6,11,16H,2-5,7-9H2;2*1H. The van der Waals surface area contributed by atoms with Crippen molar-refractivity contribution in [1.29, 1.82) is 0 Å². The number of hydrogen-bond donors (Lipinski definition) is 1. The van der Waals surface area contributed by atoms with Gasteiger partial charge < -0.3 is 9.42 Å². The van der Waals surface area contributed by atoms with Gasteiger partial charge in [0.25, 0.3) is 5.92 Å². The fraction of sp³-hybridized carbons (Fsp3) is 0.692. The third-order valence-electron chi connectivity index (χ3n) is 3.97. The van der Waals surface area contributed by atoms with E-state index in [1.165, 1.54) is 6.26 Å². The summed E-state index contributed by atoms with van der Waals surface area (Å²) >= 11 is 0. The van der Waals surface area contributed by atoms with Gasteiger partial charge in [0.15, 0.2) is 0 Å². The van der Waals surface area contributed by atoms with Crippen molar-refractivity contribution in [3.05, 3.63) is 18.0 Å². The van der Waals surface area contributed by atoms with Crippen LogP contribution in [0.2, 0.25) is 0 Å². The van der Waals surface area contributed by atoms with Gasteiger partial charge in [0, 0.05) is 45.2 Å². The Balaban J connectivity index is 0.00000132. The molecule has 2 aliphatic rings. The molecule has 1 aromatic rings. The zero-order chi connectivity index (χ0) is 14.9. The first kappa shape index (κ1) is 20.1. The lowest BCUT2D eigenvalue weighted by Gasteiger charge is -2.35. The average Bonchev–Trinajstić information content (AvgIpc) is 3.08. The van der Waals surface area contributed by atoms with Crippen LogP contribution in [0.3, 0.4) is 0 Å². The van der Waals surface area contributed by atoms with Crippen molar-refractivity contribution >= 4 is 30.7 Å². The number of alkyl halides is 2. The van der Waals surface area contributed by atoms with Crippen LogP contribution >= 0.6 is 24.8 Å². The van der Waals surface area contributed by atoms with Crippen LogP contribution in [-0.4, -0.2) is 65.6 Å². The summed E-state index contributed by atoms with van der Waals surface area (Å²) in [7, 11) is 0. The van der Waals surface area contributed by atoms with E-state index in [0.717, 1.165) is 5.69 Å². The molecule has 0 saturated carbocycles. The van der Waals surface area contributed by atoms with Crippen molar-refractivity contribution in [3.8, 4) is 0 Å². The van der Waals surface area contributed by atoms with Crippen LogP contribution < -0.4 is 5.32 Å². The van der Waals surface area contributed by atoms with Crippen molar-refractivity contribution in [3.63, 3.8) is 0 Å². The predicted molar refractivity (Wildman–Crippen MR) is 84.2 cm³/mol. The predicted octanol–water partition coefficient (Wildman–Crippen LogP) is 1.16. The fourth-order valence-corrected chi connectivity index (χ4v) is 2.79. The van der Waals surface area contributed by atoms with E-state index < -0.39 is 24.9 Å². The monoisotopic (exact) mass is 372 g/mol. The summed E-state index contributed by atoms with van der Waals surface area (Å²) in [5.41, 5.74) is 0.854. The Morgan fingerprint density at radius 2 is 2.04 bits per heavy atom. The Kier molecular flexibility index (Phi) is 7.19. The van der Waals surface area contributed by atoms with E-state index in [2.05, 4.69) is 15.4 Å². The van der Waals surface area contributed by atoms with Gasteiger partial charge in [0.1, 0.15) is 6.26 Å². The van der Waals surface area contributed by atoms with Crippen molar-refractivity contribution < 1.29 is 18.1 Å². The molecule has 0 aromatic carbocycles. The molecule has 0 spiro atoms. The highest BCUT2D eigenvalue weighted by Gasteiger charge is 2.43. The number of hydrogen-bond acceptors (Lipinski definition) is 5. The van der Waals surface area contributed by atoms with E-state index in [-0.39, 0.29) is 30.7 Å². The normalized spacial score (nSPS) is 23.9. The lowest BCUT2D eigenvalue weighted by atomic mass is 10.1. The summed E-state index contributed by atoms with van der Waals surface area (Å²) in [4.78, 5) is 16.0. The summed E-state index contributed by atoms with van der Waals surface area (Å²) in [6, 6.07) is 1.06. The lowest BCUT2D eigenvalue weighted by molar-refractivity contribution is -0.135. The van der Waals surface area contributed by atoms with Gasteiger partial charge in [0.05, 0.1) is 18.3 Å². The summed E-state index contributed by atoms with van der Waals surface area (Å²) in [5, 5.41) is 6.47. The van der Waals surface area contributed by atoms with E-state index in [1.807, 2.05) is 6.07 Å². The van der Waals surface area contributed by atoms with Gasteiger partial charge in [-0.3, -0.25) is 15.0 Å². The van der Waals surface area contributed by atoms with Gasteiger partial charge in [0.2, 0.25) is 5.91 Å². The van der Waals surface area contributed by atoms with Gasteiger partial charge in [-0.05, 0) is 0 Å². The molecule has 2 aliphatic heterocycles. The van der Waals surface area contributed by atoms with E-state index >= 15 is 0 Å². The molecular formula is C13H20Cl2F2N4O2. The van der Waals surface area contributed by atoms with Crippen LogP contribution in [0, 0.1) is 0 Å². The third kappa shape index (κ3) is 5.00. The first-order valence-electron chi connectivity index (χ1n) is 7.05. The first-order chi connectivity index (χ1) is 10.0. The van der Waals surface area contributed by atoms with Gasteiger partial charge in [-0.25, -0.2) is 8.78 Å². The van der Waals surface area contributed by atoms with Crippen LogP contribution in [0.15, 0.2) is 16.9 Å². The number of nitrogens with one attached hydrogen (secondary N) is 1.